The molecule has 1 aliphatic heterocycles. The van der Waals surface area contributed by atoms with Crippen LogP contribution in [0.2, 0.25) is 0 Å². The van der Waals surface area contributed by atoms with Crippen molar-refractivity contribution in [1.82, 2.24) is 15.3 Å². The molecular formula is C16H13N3O. The molecule has 98 valence electrons. The third-order valence-electron chi connectivity index (χ3n) is 3.80. The zero-order valence-corrected chi connectivity index (χ0v) is 10.8. The van der Waals surface area contributed by atoms with E-state index in [1.54, 1.807) is 6.20 Å². The molecule has 3 aromatic rings. The molecular weight excluding hydrogens is 250 g/mol. The Hall–Kier alpha value is -2.62. The Morgan fingerprint density at radius 1 is 1.10 bits per heavy atom. The first-order chi connectivity index (χ1) is 9.83. The number of amides is 1. The summed E-state index contributed by atoms with van der Waals surface area (Å²) in [5.74, 6) is 0.0271. The van der Waals surface area contributed by atoms with E-state index < -0.39 is 0 Å². The van der Waals surface area contributed by atoms with Gasteiger partial charge in [0.25, 0.3) is 5.91 Å². The number of hydrogen-bond donors (Lipinski definition) is 2. The number of hydrogen-bond acceptors (Lipinski definition) is 2. The highest BCUT2D eigenvalue weighted by Gasteiger charge is 2.17. The Kier molecular flexibility index (Phi) is 2.36. The fourth-order valence-electron chi connectivity index (χ4n) is 2.81. The Bertz CT molecular complexity index is 819. The monoisotopic (exact) mass is 263 g/mol. The van der Waals surface area contributed by atoms with Crippen LogP contribution in [-0.2, 0) is 6.42 Å². The minimum Gasteiger partial charge on any atom is -0.352 e. The molecule has 2 aromatic heterocycles. The lowest BCUT2D eigenvalue weighted by Gasteiger charge is -2.17. The van der Waals surface area contributed by atoms with Crippen molar-refractivity contribution in [3.05, 3.63) is 53.9 Å². The summed E-state index contributed by atoms with van der Waals surface area (Å²) in [5.41, 5.74) is 5.07. The second kappa shape index (κ2) is 4.20. The second-order valence-electron chi connectivity index (χ2n) is 4.98. The van der Waals surface area contributed by atoms with Gasteiger partial charge in [-0.2, -0.15) is 0 Å². The number of aromatic amines is 1. The lowest BCUT2D eigenvalue weighted by molar-refractivity contribution is 0.0946. The zero-order valence-electron chi connectivity index (χ0n) is 10.8. The number of rotatable bonds is 1. The zero-order chi connectivity index (χ0) is 13.5. The Labute approximate surface area is 115 Å². The first-order valence-corrected chi connectivity index (χ1v) is 6.66. The summed E-state index contributed by atoms with van der Waals surface area (Å²) in [6, 6.07) is 10.1. The van der Waals surface area contributed by atoms with Gasteiger partial charge in [0, 0.05) is 29.9 Å². The molecule has 2 N–H and O–H groups in total. The minimum absolute atomic E-state index is 0.0271. The predicted molar refractivity (Wildman–Crippen MR) is 77.6 cm³/mol. The van der Waals surface area contributed by atoms with Crippen LogP contribution in [0.15, 0.2) is 42.7 Å². The molecule has 0 saturated heterocycles. The fourth-order valence-corrected chi connectivity index (χ4v) is 2.81. The summed E-state index contributed by atoms with van der Waals surface area (Å²) in [6.07, 6.45) is 4.59. The summed E-state index contributed by atoms with van der Waals surface area (Å²) in [4.78, 5) is 19.2. The van der Waals surface area contributed by atoms with Crippen molar-refractivity contribution < 1.29 is 4.79 Å². The number of carbonyl (C=O) groups excluding carboxylic acids is 1. The van der Waals surface area contributed by atoms with Crippen molar-refractivity contribution in [2.75, 3.05) is 6.54 Å². The van der Waals surface area contributed by atoms with Crippen LogP contribution < -0.4 is 5.32 Å². The van der Waals surface area contributed by atoms with Gasteiger partial charge in [0.2, 0.25) is 0 Å². The van der Waals surface area contributed by atoms with Crippen molar-refractivity contribution in [1.29, 1.82) is 0 Å². The predicted octanol–water partition coefficient (Wildman–Crippen LogP) is 2.52. The summed E-state index contributed by atoms with van der Waals surface area (Å²) in [6.45, 7) is 0.713. The van der Waals surface area contributed by atoms with Crippen molar-refractivity contribution >= 4 is 16.9 Å². The molecule has 0 saturated carbocycles. The van der Waals surface area contributed by atoms with Gasteiger partial charge in [0.05, 0.1) is 0 Å². The maximum Gasteiger partial charge on any atom is 0.251 e. The van der Waals surface area contributed by atoms with E-state index in [1.807, 2.05) is 30.5 Å². The summed E-state index contributed by atoms with van der Waals surface area (Å²) in [5, 5.41) is 3.97. The van der Waals surface area contributed by atoms with Crippen LogP contribution in [0.25, 0.3) is 22.2 Å². The minimum atomic E-state index is 0.0271. The smallest absolute Gasteiger partial charge is 0.251 e. The van der Waals surface area contributed by atoms with Crippen LogP contribution >= 0.6 is 0 Å². The first kappa shape index (κ1) is 11.2. The number of nitrogens with one attached hydrogen (secondary N) is 2. The highest BCUT2D eigenvalue weighted by molar-refractivity contribution is 5.98. The van der Waals surface area contributed by atoms with Crippen LogP contribution in [0.5, 0.6) is 0 Å². The van der Waals surface area contributed by atoms with E-state index in [4.69, 9.17) is 0 Å². The maximum atomic E-state index is 11.8. The van der Waals surface area contributed by atoms with Gasteiger partial charge in [0.15, 0.2) is 0 Å². The van der Waals surface area contributed by atoms with E-state index in [-0.39, 0.29) is 5.91 Å². The van der Waals surface area contributed by atoms with Crippen LogP contribution in [0, 0.1) is 0 Å². The number of H-pyrrole nitrogens is 1. The van der Waals surface area contributed by atoms with Gasteiger partial charge >= 0.3 is 0 Å². The largest absolute Gasteiger partial charge is 0.352 e. The van der Waals surface area contributed by atoms with E-state index in [0.717, 1.165) is 39.7 Å². The van der Waals surface area contributed by atoms with Crippen molar-refractivity contribution in [3.8, 4) is 11.1 Å². The molecule has 4 heteroatoms. The van der Waals surface area contributed by atoms with Gasteiger partial charge in [0.1, 0.15) is 5.65 Å². The van der Waals surface area contributed by atoms with Crippen LogP contribution in [-0.4, -0.2) is 22.4 Å². The van der Waals surface area contributed by atoms with E-state index in [9.17, 15) is 4.79 Å². The second-order valence-corrected chi connectivity index (χ2v) is 4.98. The molecule has 0 radical (unpaired) electrons. The SMILES string of the molecule is O=C1NCCc2cc(-c3ccnc4[nH]ccc34)ccc21. The number of aromatic nitrogens is 2. The Balaban J connectivity index is 1.91. The molecule has 0 fully saturated rings. The standard InChI is InChI=1S/C16H13N3O/c20-16-13-2-1-10(9-11(13)3-6-19-16)12-4-7-17-15-14(12)5-8-18-15/h1-2,4-5,7-9H,3,6H2,(H,17,18)(H,19,20). The highest BCUT2D eigenvalue weighted by atomic mass is 16.1. The number of benzene rings is 1. The average Bonchev–Trinajstić information content (AvgIpc) is 2.95. The third-order valence-corrected chi connectivity index (χ3v) is 3.80. The van der Waals surface area contributed by atoms with E-state index in [0.29, 0.717) is 6.54 Å². The molecule has 1 aromatic carbocycles. The molecule has 3 heterocycles. The molecule has 4 nitrogen and oxygen atoms in total. The normalized spacial score (nSPS) is 14.1. The number of carbonyl (C=O) groups is 1. The fraction of sp³-hybridized carbons (Fsp3) is 0.125. The molecule has 4 rings (SSSR count). The third kappa shape index (κ3) is 1.61. The molecule has 0 unspecified atom stereocenters. The number of nitrogens with zero attached hydrogens (tertiary/aromatic N) is 1. The lowest BCUT2D eigenvalue weighted by atomic mass is 9.94. The molecule has 1 amide bonds. The van der Waals surface area contributed by atoms with Crippen LogP contribution in [0.4, 0.5) is 0 Å². The molecule has 1 aliphatic rings. The highest BCUT2D eigenvalue weighted by Crippen LogP contribution is 2.29. The topological polar surface area (TPSA) is 57.8 Å². The van der Waals surface area contributed by atoms with Crippen molar-refractivity contribution in [3.63, 3.8) is 0 Å². The average molecular weight is 263 g/mol. The van der Waals surface area contributed by atoms with E-state index >= 15 is 0 Å². The van der Waals surface area contributed by atoms with Gasteiger partial charge in [-0.25, -0.2) is 4.98 Å². The van der Waals surface area contributed by atoms with Crippen LogP contribution in [0.1, 0.15) is 15.9 Å². The number of fused-ring (bicyclic) bond motifs is 2. The molecule has 0 bridgehead atoms. The number of pyridine rings is 1. The first-order valence-electron chi connectivity index (χ1n) is 6.66. The van der Waals surface area contributed by atoms with E-state index in [1.165, 1.54) is 0 Å². The summed E-state index contributed by atoms with van der Waals surface area (Å²) >= 11 is 0. The molecule has 0 aliphatic carbocycles. The van der Waals surface area contributed by atoms with Gasteiger partial charge in [-0.15, -0.1) is 0 Å². The quantitative estimate of drug-likeness (QED) is 0.708. The molecule has 0 spiro atoms. The molecule has 20 heavy (non-hydrogen) atoms. The summed E-state index contributed by atoms with van der Waals surface area (Å²) < 4.78 is 0. The van der Waals surface area contributed by atoms with Gasteiger partial charge in [-0.1, -0.05) is 12.1 Å². The van der Waals surface area contributed by atoms with Crippen LogP contribution in [0.3, 0.4) is 0 Å². The molecule has 0 atom stereocenters. The summed E-state index contributed by atoms with van der Waals surface area (Å²) in [7, 11) is 0. The van der Waals surface area contributed by atoms with Gasteiger partial charge in [-0.05, 0) is 41.3 Å². The van der Waals surface area contributed by atoms with E-state index in [2.05, 4.69) is 21.4 Å². The van der Waals surface area contributed by atoms with Crippen molar-refractivity contribution in [2.45, 2.75) is 6.42 Å². The maximum absolute atomic E-state index is 11.8. The lowest BCUT2D eigenvalue weighted by Crippen LogP contribution is -2.31. The van der Waals surface area contributed by atoms with Crippen molar-refractivity contribution in [2.24, 2.45) is 0 Å². The Morgan fingerprint density at radius 2 is 2.05 bits per heavy atom. The van der Waals surface area contributed by atoms with Gasteiger partial charge < -0.3 is 10.3 Å². The van der Waals surface area contributed by atoms with Gasteiger partial charge in [-0.3, -0.25) is 4.79 Å². The Morgan fingerprint density at radius 3 is 3.00 bits per heavy atom.